The van der Waals surface area contributed by atoms with Crippen molar-refractivity contribution in [2.45, 2.75) is 63.7 Å². The maximum absolute atomic E-state index is 12.8. The van der Waals surface area contributed by atoms with Gasteiger partial charge in [-0.1, -0.05) is 6.07 Å². The van der Waals surface area contributed by atoms with Crippen molar-refractivity contribution in [3.8, 4) is 0 Å². The summed E-state index contributed by atoms with van der Waals surface area (Å²) in [5, 5.41) is 12.9. The number of aliphatic carboxylic acids is 1. The lowest BCUT2D eigenvalue weighted by Crippen LogP contribution is -2.34. The van der Waals surface area contributed by atoms with E-state index in [2.05, 4.69) is 21.4 Å². The van der Waals surface area contributed by atoms with E-state index in [1.54, 1.807) is 6.92 Å². The topological polar surface area (TPSA) is 92.2 Å². The van der Waals surface area contributed by atoms with Gasteiger partial charge in [-0.25, -0.2) is 0 Å². The lowest BCUT2D eigenvalue weighted by molar-refractivity contribution is -0.143. The Balaban J connectivity index is 1.52. The molecule has 0 radical (unpaired) electrons. The molecule has 28 heavy (non-hydrogen) atoms. The van der Waals surface area contributed by atoms with Gasteiger partial charge in [-0.15, -0.1) is 0 Å². The monoisotopic (exact) mass is 379 g/mol. The summed E-state index contributed by atoms with van der Waals surface area (Å²) >= 11 is 0. The van der Waals surface area contributed by atoms with Gasteiger partial charge in [0.05, 0.1) is 5.69 Å². The Morgan fingerprint density at radius 1 is 1.11 bits per heavy atom. The average molecular weight is 379 g/mol. The minimum Gasteiger partial charge on any atom is -0.481 e. The fourth-order valence-electron chi connectivity index (χ4n) is 4.46. The second-order valence-corrected chi connectivity index (χ2v) is 8.01. The van der Waals surface area contributed by atoms with Crippen LogP contribution >= 0.6 is 0 Å². The van der Waals surface area contributed by atoms with Gasteiger partial charge in [0.1, 0.15) is 5.41 Å². The highest BCUT2D eigenvalue weighted by Gasteiger charge is 2.37. The van der Waals surface area contributed by atoms with E-state index in [9.17, 15) is 14.7 Å². The number of nitrogens with one attached hydrogen (secondary N) is 1. The van der Waals surface area contributed by atoms with Gasteiger partial charge < -0.3 is 10.4 Å². The zero-order chi connectivity index (χ0) is 19.7. The predicted molar refractivity (Wildman–Crippen MR) is 105 cm³/mol. The number of hydrogen-bond donors (Lipinski definition) is 2. The number of hydrogen-bond acceptors (Lipinski definition) is 4. The molecular formula is C22H25N3O3. The summed E-state index contributed by atoms with van der Waals surface area (Å²) in [6, 6.07) is 2.33. The second-order valence-electron chi connectivity index (χ2n) is 8.01. The number of aryl methyl sites for hydroxylation is 2. The molecule has 2 aromatic rings. The zero-order valence-electron chi connectivity index (χ0n) is 16.1. The van der Waals surface area contributed by atoms with Crippen molar-refractivity contribution in [3.63, 3.8) is 0 Å². The van der Waals surface area contributed by atoms with Crippen LogP contribution in [0.1, 0.15) is 60.6 Å². The van der Waals surface area contributed by atoms with Crippen LogP contribution in [0.4, 0.5) is 5.69 Å². The molecule has 1 heterocycles. The zero-order valence-corrected chi connectivity index (χ0v) is 16.1. The highest BCUT2D eigenvalue weighted by atomic mass is 16.4. The first-order valence-corrected chi connectivity index (χ1v) is 9.95. The van der Waals surface area contributed by atoms with Crippen molar-refractivity contribution in [1.29, 1.82) is 0 Å². The number of rotatable bonds is 6. The van der Waals surface area contributed by atoms with Gasteiger partial charge in [0.25, 0.3) is 0 Å². The fourth-order valence-corrected chi connectivity index (χ4v) is 4.46. The van der Waals surface area contributed by atoms with Gasteiger partial charge in [-0.05, 0) is 74.1 Å². The van der Waals surface area contributed by atoms with E-state index in [1.807, 2.05) is 0 Å². The summed E-state index contributed by atoms with van der Waals surface area (Å²) in [7, 11) is 0. The largest absolute Gasteiger partial charge is 0.481 e. The molecule has 1 aromatic carbocycles. The number of nitrogens with zero attached hydrogens (tertiary/aromatic N) is 2. The normalized spacial score (nSPS) is 16.9. The summed E-state index contributed by atoms with van der Waals surface area (Å²) in [6.07, 6.45) is 11.2. The van der Waals surface area contributed by atoms with Gasteiger partial charge in [0, 0.05) is 30.7 Å². The first-order valence-electron chi connectivity index (χ1n) is 9.95. The molecule has 2 aliphatic rings. The van der Waals surface area contributed by atoms with Crippen LogP contribution in [0.15, 0.2) is 24.7 Å². The predicted octanol–water partition coefficient (Wildman–Crippen LogP) is 3.22. The van der Waals surface area contributed by atoms with Crippen LogP contribution in [0.5, 0.6) is 0 Å². The molecule has 2 aliphatic carbocycles. The molecule has 4 rings (SSSR count). The Hall–Kier alpha value is -2.76. The summed E-state index contributed by atoms with van der Waals surface area (Å²) in [4.78, 5) is 32.8. The van der Waals surface area contributed by atoms with Gasteiger partial charge in [-0.3, -0.25) is 19.6 Å². The van der Waals surface area contributed by atoms with Gasteiger partial charge in [0.2, 0.25) is 5.91 Å². The van der Waals surface area contributed by atoms with Crippen molar-refractivity contribution in [2.75, 3.05) is 5.32 Å². The van der Waals surface area contributed by atoms with Gasteiger partial charge in [-0.2, -0.15) is 0 Å². The average Bonchev–Trinajstić information content (AvgIpc) is 3.35. The van der Waals surface area contributed by atoms with E-state index < -0.39 is 11.4 Å². The molecule has 1 atom stereocenters. The Labute approximate surface area is 164 Å². The number of carboxylic acids is 1. The number of carbonyl (C=O) groups is 2. The van der Waals surface area contributed by atoms with E-state index in [0.29, 0.717) is 5.69 Å². The maximum Gasteiger partial charge on any atom is 0.315 e. The number of benzene rings is 1. The molecule has 0 aliphatic heterocycles. The van der Waals surface area contributed by atoms with Crippen molar-refractivity contribution >= 4 is 17.6 Å². The first-order chi connectivity index (χ1) is 13.5. The van der Waals surface area contributed by atoms with Crippen LogP contribution in [-0.2, 0) is 40.7 Å². The molecule has 6 heteroatoms. The van der Waals surface area contributed by atoms with Crippen LogP contribution < -0.4 is 5.32 Å². The Morgan fingerprint density at radius 2 is 1.79 bits per heavy atom. The Kier molecular flexibility index (Phi) is 4.87. The Morgan fingerprint density at radius 3 is 2.36 bits per heavy atom. The first kappa shape index (κ1) is 18.6. The molecule has 0 saturated carbocycles. The third-order valence-electron chi connectivity index (χ3n) is 6.19. The van der Waals surface area contributed by atoms with E-state index in [1.165, 1.54) is 40.8 Å². The van der Waals surface area contributed by atoms with Crippen LogP contribution in [-0.4, -0.2) is 27.0 Å². The van der Waals surface area contributed by atoms with Crippen molar-refractivity contribution in [2.24, 2.45) is 0 Å². The van der Waals surface area contributed by atoms with Crippen LogP contribution in [0, 0.1) is 0 Å². The summed E-state index contributed by atoms with van der Waals surface area (Å²) in [5.41, 5.74) is 5.43. The second kappa shape index (κ2) is 7.34. The lowest BCUT2D eigenvalue weighted by Gasteiger charge is -2.24. The van der Waals surface area contributed by atoms with Crippen LogP contribution in [0.3, 0.4) is 0 Å². The smallest absolute Gasteiger partial charge is 0.315 e. The number of carboxylic acid groups (broad SMARTS) is 1. The standard InChI is InChI=1S/C22H25N3O3/c1-22(21(27)28,18-13-23-10-11-24-18)9-8-19(26)25-20-16-6-2-4-14(16)12-15-5-3-7-17(15)20/h10-13H,2-9H2,1H3,(H,25,26)(H,27,28). The SMILES string of the molecule is CC(CCC(=O)Nc1c2c(cc3c1CCC3)CCC2)(C(=O)O)c1cnccn1. The highest BCUT2D eigenvalue weighted by Crippen LogP contribution is 2.39. The minimum absolute atomic E-state index is 0.123. The van der Waals surface area contributed by atoms with E-state index in [-0.39, 0.29) is 18.7 Å². The molecule has 2 N–H and O–H groups in total. The fraction of sp³-hybridized carbons (Fsp3) is 0.455. The molecule has 0 saturated heterocycles. The number of anilines is 1. The lowest BCUT2D eigenvalue weighted by atomic mass is 9.82. The van der Waals surface area contributed by atoms with Crippen molar-refractivity contribution in [1.82, 2.24) is 9.97 Å². The summed E-state index contributed by atoms with van der Waals surface area (Å²) in [6.45, 7) is 1.60. The molecular weight excluding hydrogens is 354 g/mol. The van der Waals surface area contributed by atoms with Crippen LogP contribution in [0.2, 0.25) is 0 Å². The molecule has 1 amide bonds. The molecule has 0 spiro atoms. The molecule has 1 aromatic heterocycles. The third kappa shape index (κ3) is 3.28. The van der Waals surface area contributed by atoms with Gasteiger partial charge >= 0.3 is 5.97 Å². The molecule has 0 fully saturated rings. The number of fused-ring (bicyclic) bond motifs is 2. The summed E-state index contributed by atoms with van der Waals surface area (Å²) < 4.78 is 0. The van der Waals surface area contributed by atoms with Crippen molar-refractivity contribution < 1.29 is 14.7 Å². The Bertz CT molecular complexity index is 894. The number of amides is 1. The van der Waals surface area contributed by atoms with Gasteiger partial charge in [0.15, 0.2) is 0 Å². The summed E-state index contributed by atoms with van der Waals surface area (Å²) in [5.74, 6) is -1.13. The molecule has 0 bridgehead atoms. The van der Waals surface area contributed by atoms with E-state index >= 15 is 0 Å². The minimum atomic E-state index is -1.24. The third-order valence-corrected chi connectivity index (χ3v) is 6.19. The van der Waals surface area contributed by atoms with Crippen molar-refractivity contribution in [3.05, 3.63) is 52.6 Å². The quantitative estimate of drug-likeness (QED) is 0.804. The highest BCUT2D eigenvalue weighted by molar-refractivity contribution is 5.94. The number of aromatic nitrogens is 2. The molecule has 6 nitrogen and oxygen atoms in total. The molecule has 1 unspecified atom stereocenters. The maximum atomic E-state index is 12.8. The van der Waals surface area contributed by atoms with E-state index in [0.717, 1.165) is 44.2 Å². The molecule has 146 valence electrons. The number of carbonyl (C=O) groups excluding carboxylic acids is 1. The van der Waals surface area contributed by atoms with E-state index in [4.69, 9.17) is 0 Å². The van der Waals surface area contributed by atoms with Crippen LogP contribution in [0.25, 0.3) is 0 Å².